The molecular weight excluding hydrogens is 194 g/mol. The summed E-state index contributed by atoms with van der Waals surface area (Å²) in [6.45, 7) is 0.789. The van der Waals surface area contributed by atoms with Gasteiger partial charge < -0.3 is 5.32 Å². The van der Waals surface area contributed by atoms with Crippen molar-refractivity contribution in [2.24, 2.45) is 0 Å². The van der Waals surface area contributed by atoms with Crippen LogP contribution in [0.15, 0.2) is 29.2 Å². The molecule has 0 unspecified atom stereocenters. The van der Waals surface area contributed by atoms with Crippen LogP contribution in [0.25, 0.3) is 0 Å². The molecule has 1 aromatic carbocycles. The second kappa shape index (κ2) is 4.05. The van der Waals surface area contributed by atoms with E-state index in [1.54, 1.807) is 11.8 Å². The fraction of sp³-hybridized carbons (Fsp3) is 0.364. The molecule has 1 aliphatic rings. The lowest BCUT2D eigenvalue weighted by atomic mass is 9.99. The summed E-state index contributed by atoms with van der Waals surface area (Å²) in [7, 11) is 0. The molecule has 1 fully saturated rings. The number of carbonyl (C=O) groups excluding carboxylic acids is 1. The first kappa shape index (κ1) is 9.59. The maximum atomic E-state index is 11.0. The maximum Gasteiger partial charge on any atom is 0.220 e. The zero-order chi connectivity index (χ0) is 9.97. The van der Waals surface area contributed by atoms with Gasteiger partial charge in [0.25, 0.3) is 0 Å². The van der Waals surface area contributed by atoms with E-state index >= 15 is 0 Å². The van der Waals surface area contributed by atoms with Crippen LogP contribution in [0.4, 0.5) is 0 Å². The normalized spacial score (nSPS) is 20.9. The van der Waals surface area contributed by atoms with Crippen LogP contribution in [0.2, 0.25) is 0 Å². The first-order valence-electron chi connectivity index (χ1n) is 4.70. The van der Waals surface area contributed by atoms with Crippen LogP contribution in [0, 0.1) is 0 Å². The van der Waals surface area contributed by atoms with Gasteiger partial charge in [-0.25, -0.2) is 0 Å². The summed E-state index contributed by atoms with van der Waals surface area (Å²) >= 11 is 1.74. The van der Waals surface area contributed by atoms with E-state index in [1.807, 2.05) is 0 Å². The number of amides is 1. The summed E-state index contributed by atoms with van der Waals surface area (Å²) in [5.74, 6) is 0.544. The van der Waals surface area contributed by atoms with E-state index in [0.717, 1.165) is 6.54 Å². The fourth-order valence-electron chi connectivity index (χ4n) is 1.72. The van der Waals surface area contributed by atoms with Crippen LogP contribution >= 0.6 is 11.8 Å². The van der Waals surface area contributed by atoms with Crippen molar-refractivity contribution in [3.05, 3.63) is 29.8 Å². The van der Waals surface area contributed by atoms with E-state index < -0.39 is 0 Å². The molecule has 0 spiro atoms. The number of hydrogen-bond acceptors (Lipinski definition) is 2. The number of carbonyl (C=O) groups is 1. The third kappa shape index (κ3) is 1.93. The number of nitrogens with one attached hydrogen (secondary N) is 1. The molecule has 0 aromatic heterocycles. The molecule has 1 atom stereocenters. The van der Waals surface area contributed by atoms with Crippen LogP contribution in [0.5, 0.6) is 0 Å². The fourth-order valence-corrected chi connectivity index (χ4v) is 2.13. The summed E-state index contributed by atoms with van der Waals surface area (Å²) in [5.41, 5.74) is 1.26. The van der Waals surface area contributed by atoms with Gasteiger partial charge >= 0.3 is 0 Å². The van der Waals surface area contributed by atoms with Crippen molar-refractivity contribution in [1.29, 1.82) is 0 Å². The van der Waals surface area contributed by atoms with Gasteiger partial charge in [0.2, 0.25) is 5.91 Å². The molecule has 1 aromatic rings. The van der Waals surface area contributed by atoms with Crippen LogP contribution in [0.3, 0.4) is 0 Å². The highest BCUT2D eigenvalue weighted by Gasteiger charge is 2.22. The first-order chi connectivity index (χ1) is 6.79. The Labute approximate surface area is 88.1 Å². The Morgan fingerprint density at radius 3 is 2.57 bits per heavy atom. The minimum Gasteiger partial charge on any atom is -0.355 e. The van der Waals surface area contributed by atoms with Crippen molar-refractivity contribution in [2.45, 2.75) is 17.2 Å². The Morgan fingerprint density at radius 2 is 2.07 bits per heavy atom. The van der Waals surface area contributed by atoms with Gasteiger partial charge in [0.1, 0.15) is 0 Å². The first-order valence-corrected chi connectivity index (χ1v) is 5.92. The van der Waals surface area contributed by atoms with Crippen molar-refractivity contribution < 1.29 is 4.79 Å². The van der Waals surface area contributed by atoms with E-state index in [1.165, 1.54) is 10.5 Å². The average Bonchev–Trinajstić information content (AvgIpc) is 2.65. The largest absolute Gasteiger partial charge is 0.355 e. The van der Waals surface area contributed by atoms with Gasteiger partial charge in [-0.1, -0.05) is 12.1 Å². The predicted octanol–water partition coefficient (Wildman–Crippen LogP) is 2.01. The van der Waals surface area contributed by atoms with Gasteiger partial charge in [0.15, 0.2) is 0 Å². The van der Waals surface area contributed by atoms with Gasteiger partial charge in [-0.3, -0.25) is 4.79 Å². The molecule has 1 aliphatic heterocycles. The van der Waals surface area contributed by atoms with Crippen LogP contribution in [0.1, 0.15) is 17.9 Å². The summed E-state index contributed by atoms with van der Waals surface area (Å²) in [6, 6.07) is 8.47. The monoisotopic (exact) mass is 207 g/mol. The van der Waals surface area contributed by atoms with Crippen molar-refractivity contribution >= 4 is 17.7 Å². The number of hydrogen-bond donors (Lipinski definition) is 1. The average molecular weight is 207 g/mol. The van der Waals surface area contributed by atoms with E-state index in [2.05, 4.69) is 35.8 Å². The van der Waals surface area contributed by atoms with Gasteiger partial charge in [-0.2, -0.15) is 0 Å². The summed E-state index contributed by atoms with van der Waals surface area (Å²) in [4.78, 5) is 12.3. The topological polar surface area (TPSA) is 29.1 Å². The Bertz CT molecular complexity index is 334. The lowest BCUT2D eigenvalue weighted by Crippen LogP contribution is -2.13. The third-order valence-corrected chi connectivity index (χ3v) is 3.31. The molecular formula is C11H13NOS. The second-order valence-corrected chi connectivity index (χ2v) is 4.36. The molecule has 0 bridgehead atoms. The molecule has 1 saturated heterocycles. The zero-order valence-corrected chi connectivity index (χ0v) is 8.93. The smallest absolute Gasteiger partial charge is 0.220 e. The number of benzene rings is 1. The van der Waals surface area contributed by atoms with Gasteiger partial charge in [-0.15, -0.1) is 11.8 Å². The van der Waals surface area contributed by atoms with Crippen LogP contribution in [-0.4, -0.2) is 18.7 Å². The molecule has 1 N–H and O–H groups in total. The van der Waals surface area contributed by atoms with Crippen LogP contribution in [-0.2, 0) is 4.79 Å². The van der Waals surface area contributed by atoms with E-state index in [0.29, 0.717) is 12.3 Å². The van der Waals surface area contributed by atoms with Crippen molar-refractivity contribution in [3.63, 3.8) is 0 Å². The molecule has 14 heavy (non-hydrogen) atoms. The Balaban J connectivity index is 2.13. The highest BCUT2D eigenvalue weighted by molar-refractivity contribution is 7.98. The van der Waals surface area contributed by atoms with E-state index in [-0.39, 0.29) is 5.91 Å². The van der Waals surface area contributed by atoms with Gasteiger partial charge in [0, 0.05) is 23.8 Å². The molecule has 0 saturated carbocycles. The molecule has 1 heterocycles. The molecule has 74 valence electrons. The SMILES string of the molecule is CSc1ccc([C@@H]2CNC(=O)C2)cc1. The lowest BCUT2D eigenvalue weighted by Gasteiger charge is -2.07. The summed E-state index contributed by atoms with van der Waals surface area (Å²) < 4.78 is 0. The Kier molecular flexibility index (Phi) is 2.77. The van der Waals surface area contributed by atoms with Gasteiger partial charge in [0.05, 0.1) is 0 Å². The van der Waals surface area contributed by atoms with Crippen molar-refractivity contribution in [3.8, 4) is 0 Å². The number of rotatable bonds is 2. The maximum absolute atomic E-state index is 11.0. The second-order valence-electron chi connectivity index (χ2n) is 3.48. The Hall–Kier alpha value is -0.960. The minimum absolute atomic E-state index is 0.170. The quantitative estimate of drug-likeness (QED) is 0.752. The van der Waals surface area contributed by atoms with Crippen LogP contribution < -0.4 is 5.32 Å². The van der Waals surface area contributed by atoms with E-state index in [9.17, 15) is 4.79 Å². The lowest BCUT2D eigenvalue weighted by molar-refractivity contribution is -0.119. The van der Waals surface area contributed by atoms with E-state index in [4.69, 9.17) is 0 Å². The van der Waals surface area contributed by atoms with Crippen molar-refractivity contribution in [2.75, 3.05) is 12.8 Å². The molecule has 1 amide bonds. The molecule has 0 radical (unpaired) electrons. The zero-order valence-electron chi connectivity index (χ0n) is 8.12. The molecule has 2 rings (SSSR count). The third-order valence-electron chi connectivity index (χ3n) is 2.56. The highest BCUT2D eigenvalue weighted by Crippen LogP contribution is 2.24. The number of thioether (sulfide) groups is 1. The highest BCUT2D eigenvalue weighted by atomic mass is 32.2. The summed E-state index contributed by atoms with van der Waals surface area (Å²) in [5, 5.41) is 2.85. The summed E-state index contributed by atoms with van der Waals surface area (Å²) in [6.07, 6.45) is 2.70. The predicted molar refractivity (Wildman–Crippen MR) is 58.6 cm³/mol. The minimum atomic E-state index is 0.170. The standard InChI is InChI=1S/C11H13NOS/c1-14-10-4-2-8(3-5-10)9-6-11(13)12-7-9/h2-5,9H,6-7H2,1H3,(H,12,13)/t9-/m0/s1. The molecule has 3 heteroatoms. The van der Waals surface area contributed by atoms with Crippen molar-refractivity contribution in [1.82, 2.24) is 5.32 Å². The van der Waals surface area contributed by atoms with Gasteiger partial charge in [-0.05, 0) is 24.0 Å². The molecule has 0 aliphatic carbocycles. The molecule has 2 nitrogen and oxygen atoms in total. The Morgan fingerprint density at radius 1 is 1.36 bits per heavy atom.